The van der Waals surface area contributed by atoms with E-state index in [2.05, 4.69) is 196 Å². The third kappa shape index (κ3) is 4.16. The van der Waals surface area contributed by atoms with Gasteiger partial charge in [-0.1, -0.05) is 137 Å². The number of furan rings is 1. The molecule has 0 saturated heterocycles. The summed E-state index contributed by atoms with van der Waals surface area (Å²) in [4.78, 5) is 0. The molecular weight excluding hydrogens is 679 g/mol. The molecule has 0 fully saturated rings. The Kier molecular flexibility index (Phi) is 6.22. The Morgan fingerprint density at radius 2 is 0.839 bits per heavy atom. The van der Waals surface area contributed by atoms with Gasteiger partial charge < -0.3 is 8.98 Å². The molecule has 2 aliphatic rings. The summed E-state index contributed by atoms with van der Waals surface area (Å²) in [6, 6.07) is 60.6. The number of aromatic nitrogens is 1. The normalized spacial score (nSPS) is 14.7. The fraction of sp³-hybridized carbons (Fsp3) is 0.111. The average molecular weight is 718 g/mol. The molecule has 0 saturated carbocycles. The van der Waals surface area contributed by atoms with Gasteiger partial charge in [0.2, 0.25) is 0 Å². The van der Waals surface area contributed by atoms with Crippen LogP contribution < -0.4 is 0 Å². The summed E-state index contributed by atoms with van der Waals surface area (Å²) >= 11 is 0. The second-order valence-corrected chi connectivity index (χ2v) is 16.9. The van der Waals surface area contributed by atoms with Crippen molar-refractivity contribution in [2.75, 3.05) is 0 Å². The minimum absolute atomic E-state index is 0.129. The monoisotopic (exact) mass is 717 g/mol. The van der Waals surface area contributed by atoms with Crippen LogP contribution in [0, 0.1) is 0 Å². The first kappa shape index (κ1) is 31.7. The highest BCUT2D eigenvalue weighted by molar-refractivity contribution is 6.10. The molecule has 0 spiro atoms. The Bertz CT molecular complexity index is 3240. The molecule has 8 aromatic carbocycles. The maximum absolute atomic E-state index is 6.37. The van der Waals surface area contributed by atoms with Crippen LogP contribution in [-0.2, 0) is 10.8 Å². The molecule has 0 bridgehead atoms. The van der Waals surface area contributed by atoms with E-state index in [9.17, 15) is 0 Å². The number of hydrogen-bond acceptors (Lipinski definition) is 1. The summed E-state index contributed by atoms with van der Waals surface area (Å²) in [6.07, 6.45) is 0. The van der Waals surface area contributed by atoms with Crippen molar-refractivity contribution in [2.45, 2.75) is 38.5 Å². The van der Waals surface area contributed by atoms with Crippen LogP contribution in [0.5, 0.6) is 0 Å². The zero-order chi connectivity index (χ0) is 37.5. The number of nitrogens with zero attached hydrogens (tertiary/aromatic N) is 1. The first-order valence-electron chi connectivity index (χ1n) is 19.8. The van der Waals surface area contributed by atoms with Crippen LogP contribution in [0.25, 0.3) is 93.9 Å². The van der Waals surface area contributed by atoms with Crippen molar-refractivity contribution in [1.82, 2.24) is 4.57 Å². The van der Waals surface area contributed by atoms with Crippen molar-refractivity contribution in [2.24, 2.45) is 0 Å². The molecule has 0 atom stereocenters. The molecule has 0 amide bonds. The molecule has 0 N–H and O–H groups in total. The van der Waals surface area contributed by atoms with E-state index in [0.717, 1.165) is 21.9 Å². The van der Waals surface area contributed by atoms with Crippen LogP contribution in [0.3, 0.4) is 0 Å². The zero-order valence-electron chi connectivity index (χ0n) is 31.9. The highest BCUT2D eigenvalue weighted by atomic mass is 16.3. The average Bonchev–Trinajstić information content (AvgIpc) is 3.91. The van der Waals surface area contributed by atoms with Crippen LogP contribution in [0.4, 0.5) is 0 Å². The van der Waals surface area contributed by atoms with Crippen LogP contribution in [-0.4, -0.2) is 4.57 Å². The summed E-state index contributed by atoms with van der Waals surface area (Å²) in [7, 11) is 0. The van der Waals surface area contributed by atoms with Gasteiger partial charge in [-0.15, -0.1) is 0 Å². The van der Waals surface area contributed by atoms with Gasteiger partial charge in [0.05, 0.1) is 11.0 Å². The molecule has 0 aliphatic heterocycles. The number of hydrogen-bond donors (Lipinski definition) is 0. The zero-order valence-corrected chi connectivity index (χ0v) is 31.9. The molecule has 2 aromatic heterocycles. The molecule has 12 rings (SSSR count). The predicted molar refractivity (Wildman–Crippen MR) is 234 cm³/mol. The standard InChI is InChI=1S/C54H39NO/c1-53(2)43-22-18-34(35-20-27-50-40(29-35)39-28-33(19-26-49(39)56-50)32-12-6-5-7-13-32)30-41(43)51-45(53)24-25-46-52(51)42-31-36(21-23-44(42)54(46,3)4)55-47-16-10-8-14-37(47)38-15-9-11-17-48(38)55/h5-31H,1-4H3. The van der Waals surface area contributed by atoms with Gasteiger partial charge in [-0.2, -0.15) is 0 Å². The Morgan fingerprint density at radius 1 is 0.375 bits per heavy atom. The van der Waals surface area contributed by atoms with Gasteiger partial charge in [0.15, 0.2) is 0 Å². The van der Waals surface area contributed by atoms with E-state index in [1.807, 2.05) is 0 Å². The van der Waals surface area contributed by atoms with Gasteiger partial charge in [0, 0.05) is 38.1 Å². The maximum Gasteiger partial charge on any atom is 0.135 e. The van der Waals surface area contributed by atoms with Crippen molar-refractivity contribution in [3.05, 3.63) is 186 Å². The van der Waals surface area contributed by atoms with E-state index in [0.29, 0.717) is 0 Å². The van der Waals surface area contributed by atoms with Crippen molar-refractivity contribution in [3.8, 4) is 50.2 Å². The van der Waals surface area contributed by atoms with Gasteiger partial charge in [-0.25, -0.2) is 0 Å². The SMILES string of the molecule is CC1(C)c2ccc(-c3ccc4oc5ccc(-c6ccccc6)cc5c4c3)cc2-c2c1ccc1c2-c2cc(-n3c4ccccc4c4ccccc43)ccc2C1(C)C. The lowest BCUT2D eigenvalue weighted by Gasteiger charge is -2.24. The van der Waals surface area contributed by atoms with E-state index in [1.54, 1.807) is 0 Å². The predicted octanol–water partition coefficient (Wildman–Crippen LogP) is 14.6. The van der Waals surface area contributed by atoms with E-state index >= 15 is 0 Å². The number of fused-ring (bicyclic) bond motifs is 13. The van der Waals surface area contributed by atoms with Gasteiger partial charge in [0.1, 0.15) is 11.2 Å². The summed E-state index contributed by atoms with van der Waals surface area (Å²) in [5, 5.41) is 4.86. The summed E-state index contributed by atoms with van der Waals surface area (Å²) in [6.45, 7) is 9.59. The van der Waals surface area contributed by atoms with Crippen LogP contribution >= 0.6 is 0 Å². The molecule has 266 valence electrons. The molecule has 56 heavy (non-hydrogen) atoms. The third-order valence-corrected chi connectivity index (χ3v) is 13.2. The van der Waals surface area contributed by atoms with E-state index in [1.165, 1.54) is 94.3 Å². The van der Waals surface area contributed by atoms with Crippen molar-refractivity contribution >= 4 is 43.7 Å². The van der Waals surface area contributed by atoms with Gasteiger partial charge in [-0.05, 0) is 121 Å². The lowest BCUT2D eigenvalue weighted by molar-refractivity contribution is 0.651. The Morgan fingerprint density at radius 3 is 1.45 bits per heavy atom. The van der Waals surface area contributed by atoms with Gasteiger partial charge >= 0.3 is 0 Å². The second-order valence-electron chi connectivity index (χ2n) is 16.9. The lowest BCUT2D eigenvalue weighted by Crippen LogP contribution is -2.17. The van der Waals surface area contributed by atoms with Crippen LogP contribution in [0.2, 0.25) is 0 Å². The molecule has 2 heteroatoms. The number of rotatable bonds is 3. The van der Waals surface area contributed by atoms with Crippen LogP contribution in [0.15, 0.2) is 168 Å². The fourth-order valence-corrected chi connectivity index (χ4v) is 10.4. The van der Waals surface area contributed by atoms with Crippen molar-refractivity contribution < 1.29 is 4.42 Å². The quantitative estimate of drug-likeness (QED) is 0.178. The van der Waals surface area contributed by atoms with Crippen LogP contribution in [0.1, 0.15) is 49.9 Å². The summed E-state index contributed by atoms with van der Waals surface area (Å²) in [5.41, 5.74) is 21.1. The summed E-state index contributed by atoms with van der Waals surface area (Å²) < 4.78 is 8.82. The molecule has 0 radical (unpaired) electrons. The smallest absolute Gasteiger partial charge is 0.135 e. The van der Waals surface area contributed by atoms with Crippen molar-refractivity contribution in [3.63, 3.8) is 0 Å². The molecule has 2 heterocycles. The minimum Gasteiger partial charge on any atom is -0.456 e. The fourth-order valence-electron chi connectivity index (χ4n) is 10.4. The van der Waals surface area contributed by atoms with E-state index in [4.69, 9.17) is 4.42 Å². The van der Waals surface area contributed by atoms with Gasteiger partial charge in [0.25, 0.3) is 0 Å². The lowest BCUT2D eigenvalue weighted by atomic mass is 9.79. The van der Waals surface area contributed by atoms with Crippen molar-refractivity contribution in [1.29, 1.82) is 0 Å². The van der Waals surface area contributed by atoms with E-state index in [-0.39, 0.29) is 10.8 Å². The Labute approximate surface area is 326 Å². The second kappa shape index (κ2) is 11.0. The molecule has 2 nitrogen and oxygen atoms in total. The largest absolute Gasteiger partial charge is 0.456 e. The van der Waals surface area contributed by atoms with E-state index < -0.39 is 0 Å². The first-order chi connectivity index (χ1) is 27.3. The Balaban J connectivity index is 1.05. The molecule has 10 aromatic rings. The molecule has 0 unspecified atom stereocenters. The number of benzene rings is 8. The summed E-state index contributed by atoms with van der Waals surface area (Å²) in [5.74, 6) is 0. The highest BCUT2D eigenvalue weighted by Crippen LogP contribution is 2.59. The Hall–Kier alpha value is -6.64. The molecular formula is C54H39NO. The highest BCUT2D eigenvalue weighted by Gasteiger charge is 2.43. The number of para-hydroxylation sites is 2. The minimum atomic E-state index is -0.131. The third-order valence-electron chi connectivity index (χ3n) is 13.2. The van der Waals surface area contributed by atoms with Gasteiger partial charge in [-0.3, -0.25) is 0 Å². The first-order valence-corrected chi connectivity index (χ1v) is 19.8. The maximum atomic E-state index is 6.37. The molecule has 2 aliphatic carbocycles. The topological polar surface area (TPSA) is 18.1 Å².